The molecule has 15 heteroatoms. The minimum Gasteiger partial charge on any atom is -0.390 e. The number of fused-ring (bicyclic) bond motifs is 2. The second-order valence-corrected chi connectivity index (χ2v) is 20.7. The van der Waals surface area contributed by atoms with Crippen LogP contribution in [0, 0.1) is 36.5 Å². The van der Waals surface area contributed by atoms with Crippen molar-refractivity contribution in [3.63, 3.8) is 0 Å². The minimum absolute atomic E-state index is 0.00967. The molecule has 5 N–H and O–H groups in total. The van der Waals surface area contributed by atoms with Crippen LogP contribution >= 0.6 is 0 Å². The highest BCUT2D eigenvalue weighted by Crippen LogP contribution is 2.32. The highest BCUT2D eigenvalue weighted by atomic mass is 16.3. The number of amides is 4. The number of aliphatic hydroxyl groups excluding tert-OH is 1. The van der Waals surface area contributed by atoms with Crippen molar-refractivity contribution in [3.8, 4) is 11.8 Å². The molecule has 0 saturated carbocycles. The van der Waals surface area contributed by atoms with E-state index < -0.39 is 18.1 Å². The molecule has 71 heavy (non-hydrogen) atoms. The molecular formula is C56H67N9O6. The Bertz CT molecular complexity index is 2960. The molecule has 5 saturated heterocycles. The maximum absolute atomic E-state index is 13.8. The van der Waals surface area contributed by atoms with Crippen LogP contribution in [0.5, 0.6) is 0 Å². The van der Waals surface area contributed by atoms with Gasteiger partial charge in [-0.3, -0.25) is 33.6 Å². The molecule has 4 aromatic carbocycles. The number of benzene rings is 4. The first kappa shape index (κ1) is 48.2. The van der Waals surface area contributed by atoms with E-state index in [4.69, 9.17) is 0 Å². The summed E-state index contributed by atoms with van der Waals surface area (Å²) in [7, 11) is 1.71. The lowest BCUT2D eigenvalue weighted by molar-refractivity contribution is -0.138. The van der Waals surface area contributed by atoms with Gasteiger partial charge in [0.25, 0.3) is 5.91 Å². The molecular weight excluding hydrogens is 895 g/mol. The zero-order valence-electron chi connectivity index (χ0n) is 41.2. The number of imide groups is 1. The number of piperidine rings is 4. The van der Waals surface area contributed by atoms with E-state index >= 15 is 0 Å². The molecule has 4 amide bonds. The molecule has 1 aromatic heterocycles. The lowest BCUT2D eigenvalue weighted by atomic mass is 9.90. The molecule has 6 heterocycles. The van der Waals surface area contributed by atoms with Crippen molar-refractivity contribution in [3.05, 3.63) is 106 Å². The van der Waals surface area contributed by atoms with Gasteiger partial charge in [0.05, 0.1) is 29.2 Å². The van der Waals surface area contributed by atoms with Crippen molar-refractivity contribution in [1.29, 1.82) is 0 Å². The number of imidazole rings is 1. The van der Waals surface area contributed by atoms with Crippen LogP contribution in [-0.2, 0) is 21.4 Å². The summed E-state index contributed by atoms with van der Waals surface area (Å²) in [5.74, 6) is 7.50. The van der Waals surface area contributed by atoms with Crippen molar-refractivity contribution < 1.29 is 24.3 Å². The van der Waals surface area contributed by atoms with Crippen molar-refractivity contribution in [2.75, 3.05) is 69.1 Å². The fourth-order valence-electron chi connectivity index (χ4n) is 11.7. The van der Waals surface area contributed by atoms with Gasteiger partial charge >= 0.3 is 5.69 Å². The Kier molecular flexibility index (Phi) is 14.0. The third kappa shape index (κ3) is 10.2. The molecule has 4 atom stereocenters. The third-order valence-corrected chi connectivity index (χ3v) is 16.0. The smallest absolute Gasteiger partial charge is 0.329 e. The number of aryl methyl sites for hydroxylation is 2. The molecule has 15 nitrogen and oxygen atoms in total. The van der Waals surface area contributed by atoms with Gasteiger partial charge in [0.15, 0.2) is 0 Å². The quantitative estimate of drug-likeness (QED) is 0.0922. The number of anilines is 2. The number of carbonyl (C=O) groups is 4. The first-order chi connectivity index (χ1) is 34.4. The van der Waals surface area contributed by atoms with Crippen LogP contribution in [0.2, 0.25) is 0 Å². The van der Waals surface area contributed by atoms with Gasteiger partial charge in [0.1, 0.15) is 6.04 Å². The Hall–Kier alpha value is -6.47. The summed E-state index contributed by atoms with van der Waals surface area (Å²) in [6.07, 6.45) is 5.73. The van der Waals surface area contributed by atoms with E-state index in [2.05, 4.69) is 72.1 Å². The van der Waals surface area contributed by atoms with Crippen LogP contribution in [0.25, 0.3) is 21.8 Å². The Morgan fingerprint density at radius 2 is 1.59 bits per heavy atom. The first-order valence-corrected chi connectivity index (χ1v) is 25.8. The van der Waals surface area contributed by atoms with Gasteiger partial charge in [0, 0.05) is 93.6 Å². The normalized spacial score (nSPS) is 22.3. The zero-order valence-corrected chi connectivity index (χ0v) is 41.2. The predicted octanol–water partition coefficient (Wildman–Crippen LogP) is 5.23. The molecule has 1 unspecified atom stereocenters. The van der Waals surface area contributed by atoms with E-state index in [9.17, 15) is 29.1 Å². The average molecular weight is 962 g/mol. The molecule has 0 bridgehead atoms. The number of hydrogen-bond acceptors (Lipinski definition) is 10. The van der Waals surface area contributed by atoms with E-state index in [1.54, 1.807) is 11.6 Å². The lowest BCUT2D eigenvalue weighted by Gasteiger charge is -2.39. The van der Waals surface area contributed by atoms with Crippen molar-refractivity contribution >= 4 is 56.8 Å². The number of β-amino-alcohol motifs (C(OH)–C–C–N with tert-alkyl or cyclic N) is 1. The summed E-state index contributed by atoms with van der Waals surface area (Å²) in [6.45, 7) is 11.5. The Labute approximate surface area is 415 Å². The Morgan fingerprint density at radius 1 is 0.831 bits per heavy atom. The fraction of sp³-hybridized carbons (Fsp3) is 0.482. The average Bonchev–Trinajstić information content (AvgIpc) is 3.90. The highest BCUT2D eigenvalue weighted by Gasteiger charge is 2.34. The predicted molar refractivity (Wildman–Crippen MR) is 276 cm³/mol. The monoisotopic (exact) mass is 962 g/mol. The third-order valence-electron chi connectivity index (χ3n) is 16.0. The maximum atomic E-state index is 13.8. The number of aliphatic hydroxyl groups is 1. The molecule has 5 aliphatic heterocycles. The second-order valence-electron chi connectivity index (χ2n) is 20.7. The minimum atomic E-state index is -0.716. The van der Waals surface area contributed by atoms with Crippen molar-refractivity contribution in [1.82, 2.24) is 34.9 Å². The zero-order chi connectivity index (χ0) is 49.3. The lowest BCUT2D eigenvalue weighted by Crippen LogP contribution is -2.47. The molecule has 372 valence electrons. The highest BCUT2D eigenvalue weighted by molar-refractivity contribution is 6.00. The Balaban J connectivity index is 0.676. The number of aromatic nitrogens is 2. The van der Waals surface area contributed by atoms with Gasteiger partial charge in [0.2, 0.25) is 17.7 Å². The molecule has 5 aromatic rings. The first-order valence-electron chi connectivity index (χ1n) is 25.8. The van der Waals surface area contributed by atoms with Crippen LogP contribution < -0.4 is 31.9 Å². The van der Waals surface area contributed by atoms with E-state index in [0.29, 0.717) is 42.4 Å². The van der Waals surface area contributed by atoms with Crippen molar-refractivity contribution in [2.24, 2.45) is 24.8 Å². The van der Waals surface area contributed by atoms with Gasteiger partial charge in [-0.15, -0.1) is 0 Å². The van der Waals surface area contributed by atoms with E-state index in [-0.39, 0.29) is 47.8 Å². The molecule has 0 spiro atoms. The number of carbonyl (C=O) groups excluding carboxylic acids is 4. The van der Waals surface area contributed by atoms with Gasteiger partial charge in [-0.1, -0.05) is 48.2 Å². The largest absolute Gasteiger partial charge is 0.390 e. The second kappa shape index (κ2) is 20.7. The van der Waals surface area contributed by atoms with Crippen LogP contribution in [0.1, 0.15) is 97.4 Å². The standard InChI is InChI=1S/C56H67N9O6/c1-35-8-12-41(59-47-32-57-33-51(47)66)30-46(35)53(68)58-36(2)43-14-11-39(44-6-4-5-7-45(43)44)10-9-37-18-24-62(25-19-37)34-38-20-26-64(27-21-38)55(70)40-22-28-63(29-23-40)42-13-15-48-50(31-42)61(3)56(71)65(48)49-16-17-52(67)60-54(49)69/h4-8,11-15,30-31,36-38,40,47,49,51,57,59,66H,16-29,32-34H2,1-3H3,(H,58,68)(H,60,67,69)/t36-,47+,49?,51-/m1/s1. The maximum Gasteiger partial charge on any atom is 0.329 e. The van der Waals surface area contributed by atoms with E-state index in [1.165, 1.54) is 4.57 Å². The van der Waals surface area contributed by atoms with Gasteiger partial charge in [-0.25, -0.2) is 4.79 Å². The summed E-state index contributed by atoms with van der Waals surface area (Å²) in [5, 5.41) is 24.6. The van der Waals surface area contributed by atoms with Crippen molar-refractivity contribution in [2.45, 2.75) is 89.4 Å². The van der Waals surface area contributed by atoms with Crippen LogP contribution in [-0.4, -0.2) is 119 Å². The van der Waals surface area contributed by atoms with E-state index in [1.807, 2.05) is 62.4 Å². The molecule has 0 aliphatic carbocycles. The number of nitrogens with zero attached hydrogens (tertiary/aromatic N) is 5. The summed E-state index contributed by atoms with van der Waals surface area (Å²) in [6, 6.07) is 23.1. The van der Waals surface area contributed by atoms with Gasteiger partial charge in [-0.05, 0) is 136 Å². The van der Waals surface area contributed by atoms with Gasteiger partial charge < -0.3 is 35.8 Å². The molecule has 5 fully saturated rings. The fourth-order valence-corrected chi connectivity index (χ4v) is 11.7. The van der Waals surface area contributed by atoms with Crippen LogP contribution in [0.15, 0.2) is 77.6 Å². The summed E-state index contributed by atoms with van der Waals surface area (Å²) in [5.41, 5.74) is 6.48. The van der Waals surface area contributed by atoms with E-state index in [0.717, 1.165) is 129 Å². The topological polar surface area (TPSA) is 173 Å². The summed E-state index contributed by atoms with van der Waals surface area (Å²) in [4.78, 5) is 72.1. The SMILES string of the molecule is Cc1ccc(N[C@H]2CNC[C@H]2O)cc1C(=O)N[C@H](C)c1ccc(C#CC2CCN(CC3CCN(C(=O)C4CCN(c5ccc6c(c5)n(C)c(=O)n6C5CCC(=O)NC5=O)CC4)CC3)CC2)c2ccccc12. The molecule has 0 radical (unpaired) electrons. The number of likely N-dealkylation sites (tertiary alicyclic amines) is 2. The Morgan fingerprint density at radius 3 is 2.32 bits per heavy atom. The van der Waals surface area contributed by atoms with Gasteiger partial charge in [-0.2, -0.15) is 0 Å². The number of rotatable bonds is 10. The molecule has 10 rings (SSSR count). The number of hydrogen-bond donors (Lipinski definition) is 5. The molecule has 5 aliphatic rings. The summed E-state index contributed by atoms with van der Waals surface area (Å²) < 4.78 is 3.08. The van der Waals surface area contributed by atoms with Crippen LogP contribution in [0.3, 0.4) is 0 Å². The van der Waals surface area contributed by atoms with Crippen LogP contribution in [0.4, 0.5) is 11.4 Å². The number of nitrogens with one attached hydrogen (secondary N) is 4. The summed E-state index contributed by atoms with van der Waals surface area (Å²) >= 11 is 0.